The summed E-state index contributed by atoms with van der Waals surface area (Å²) >= 11 is 1.38. The van der Waals surface area contributed by atoms with Crippen LogP contribution in [0.15, 0.2) is 52.4 Å². The molecule has 10 heteroatoms. The molecule has 0 bridgehead atoms. The number of benzene rings is 2. The Balaban J connectivity index is 1.60. The number of ether oxygens (including phenoxy) is 2. The van der Waals surface area contributed by atoms with Crippen LogP contribution in [0.25, 0.3) is 10.2 Å². The number of sulfonamides is 1. The molecule has 2 heterocycles. The Kier molecular flexibility index (Phi) is 6.22. The van der Waals surface area contributed by atoms with Crippen molar-refractivity contribution in [2.75, 3.05) is 20.2 Å². The largest absolute Gasteiger partial charge is 0.497 e. The number of thiazole rings is 1. The van der Waals surface area contributed by atoms with Crippen LogP contribution in [-0.2, 0) is 21.8 Å². The van der Waals surface area contributed by atoms with Crippen LogP contribution in [0, 0.1) is 0 Å². The molecule has 0 aliphatic carbocycles. The molecule has 1 aliphatic rings. The lowest BCUT2D eigenvalue weighted by Crippen LogP contribution is -2.48. The summed E-state index contributed by atoms with van der Waals surface area (Å²) in [5, 5.41) is 0. The van der Waals surface area contributed by atoms with E-state index in [1.807, 2.05) is 43.7 Å². The first-order valence-corrected chi connectivity index (χ1v) is 12.4. The molecule has 1 aliphatic heterocycles. The zero-order valence-corrected chi connectivity index (χ0v) is 19.9. The number of hydrogen-bond donors (Lipinski definition) is 0. The maximum absolute atomic E-state index is 13.0. The molecule has 1 amide bonds. The Morgan fingerprint density at radius 2 is 1.78 bits per heavy atom. The average Bonchev–Trinajstić information content (AvgIpc) is 3.07. The van der Waals surface area contributed by atoms with Gasteiger partial charge in [-0.25, -0.2) is 8.42 Å². The van der Waals surface area contributed by atoms with Gasteiger partial charge in [0.15, 0.2) is 4.80 Å². The second kappa shape index (κ2) is 8.78. The van der Waals surface area contributed by atoms with Crippen LogP contribution >= 0.6 is 11.3 Å². The highest BCUT2D eigenvalue weighted by molar-refractivity contribution is 7.89. The molecule has 4 rings (SSSR count). The average molecular weight is 476 g/mol. The van der Waals surface area contributed by atoms with Crippen LogP contribution < -0.4 is 9.54 Å². The van der Waals surface area contributed by atoms with E-state index in [0.717, 1.165) is 16.0 Å². The monoisotopic (exact) mass is 475 g/mol. The normalized spacial score (nSPS) is 20.6. The third-order valence-electron chi connectivity index (χ3n) is 5.34. The van der Waals surface area contributed by atoms with Crippen molar-refractivity contribution in [2.45, 2.75) is 31.0 Å². The minimum absolute atomic E-state index is 0.148. The van der Waals surface area contributed by atoms with Crippen LogP contribution in [0.2, 0.25) is 0 Å². The Morgan fingerprint density at radius 3 is 2.41 bits per heavy atom. The molecule has 0 spiro atoms. The van der Waals surface area contributed by atoms with Crippen molar-refractivity contribution in [3.05, 3.63) is 52.8 Å². The summed E-state index contributed by atoms with van der Waals surface area (Å²) in [6.45, 7) is 4.31. The quantitative estimate of drug-likeness (QED) is 0.579. The van der Waals surface area contributed by atoms with Gasteiger partial charge >= 0.3 is 0 Å². The van der Waals surface area contributed by atoms with Gasteiger partial charge in [-0.05, 0) is 56.3 Å². The smallest absolute Gasteiger partial charge is 0.279 e. The van der Waals surface area contributed by atoms with Crippen LogP contribution in [-0.4, -0.2) is 55.6 Å². The van der Waals surface area contributed by atoms with Crippen LogP contribution in [0.1, 0.15) is 24.2 Å². The van der Waals surface area contributed by atoms with E-state index in [0.29, 0.717) is 23.5 Å². The summed E-state index contributed by atoms with van der Waals surface area (Å²) in [4.78, 5) is 17.7. The summed E-state index contributed by atoms with van der Waals surface area (Å²) in [5.74, 6) is 0.301. The highest BCUT2D eigenvalue weighted by Crippen LogP contribution is 2.23. The molecule has 2 aromatic carbocycles. The van der Waals surface area contributed by atoms with E-state index >= 15 is 0 Å². The Hall–Kier alpha value is -2.53. The number of aromatic nitrogens is 1. The van der Waals surface area contributed by atoms with Gasteiger partial charge in [0.25, 0.3) is 5.91 Å². The number of amides is 1. The number of aryl methyl sites for hydroxylation is 1. The predicted octanol–water partition coefficient (Wildman–Crippen LogP) is 2.79. The van der Waals surface area contributed by atoms with Gasteiger partial charge in [-0.1, -0.05) is 11.3 Å². The highest BCUT2D eigenvalue weighted by atomic mass is 32.2. The summed E-state index contributed by atoms with van der Waals surface area (Å²) in [6.07, 6.45) is -0.342. The van der Waals surface area contributed by atoms with E-state index in [2.05, 4.69) is 4.99 Å². The van der Waals surface area contributed by atoms with Crippen molar-refractivity contribution in [1.82, 2.24) is 8.87 Å². The first-order valence-electron chi connectivity index (χ1n) is 10.2. The topological polar surface area (TPSA) is 90.2 Å². The molecule has 2 atom stereocenters. The van der Waals surface area contributed by atoms with E-state index in [1.54, 1.807) is 7.11 Å². The highest BCUT2D eigenvalue weighted by Gasteiger charge is 2.32. The SMILES string of the molecule is COc1ccc2c(c1)sc(=NC(=O)c1ccc(S(=O)(=O)N3C[C@@H](C)O[C@@H](C)C3)cc1)n2C. The molecule has 32 heavy (non-hydrogen) atoms. The maximum atomic E-state index is 13.0. The van der Waals surface area contributed by atoms with Gasteiger partial charge in [0, 0.05) is 25.7 Å². The lowest BCUT2D eigenvalue weighted by molar-refractivity contribution is -0.0440. The summed E-state index contributed by atoms with van der Waals surface area (Å²) < 4.78 is 41.1. The van der Waals surface area contributed by atoms with Crippen molar-refractivity contribution in [3.63, 3.8) is 0 Å². The molecule has 170 valence electrons. The van der Waals surface area contributed by atoms with Crippen LogP contribution in [0.3, 0.4) is 0 Å². The second-order valence-corrected chi connectivity index (χ2v) is 10.7. The van der Waals surface area contributed by atoms with E-state index in [-0.39, 0.29) is 17.1 Å². The molecule has 8 nitrogen and oxygen atoms in total. The Morgan fingerprint density at radius 1 is 1.12 bits per heavy atom. The van der Waals surface area contributed by atoms with Gasteiger partial charge < -0.3 is 14.0 Å². The number of carbonyl (C=O) groups excluding carboxylic acids is 1. The van der Waals surface area contributed by atoms with Gasteiger partial charge in [0.05, 0.1) is 34.4 Å². The summed E-state index contributed by atoms with van der Waals surface area (Å²) in [6, 6.07) is 11.6. The minimum atomic E-state index is -3.66. The molecule has 1 aromatic heterocycles. The molecular weight excluding hydrogens is 450 g/mol. The number of morpholine rings is 1. The fourth-order valence-corrected chi connectivity index (χ4v) is 6.38. The molecule has 0 N–H and O–H groups in total. The fourth-order valence-electron chi connectivity index (χ4n) is 3.74. The third-order valence-corrected chi connectivity index (χ3v) is 8.28. The molecule has 1 fully saturated rings. The molecule has 0 radical (unpaired) electrons. The fraction of sp³-hybridized carbons (Fsp3) is 0.364. The zero-order valence-electron chi connectivity index (χ0n) is 18.3. The number of carbonyl (C=O) groups is 1. The third kappa shape index (κ3) is 4.36. The Labute approximate surface area is 190 Å². The van der Waals surface area contributed by atoms with E-state index in [1.165, 1.54) is 39.9 Å². The maximum Gasteiger partial charge on any atom is 0.279 e. The van der Waals surface area contributed by atoms with Crippen molar-refractivity contribution >= 4 is 37.5 Å². The molecule has 1 saturated heterocycles. The summed E-state index contributed by atoms with van der Waals surface area (Å²) in [7, 11) is -0.213. The first-order chi connectivity index (χ1) is 15.2. The lowest BCUT2D eigenvalue weighted by atomic mass is 10.2. The van der Waals surface area contributed by atoms with Crippen LogP contribution in [0.5, 0.6) is 5.75 Å². The lowest BCUT2D eigenvalue weighted by Gasteiger charge is -2.34. The van der Waals surface area contributed by atoms with Gasteiger partial charge in [-0.3, -0.25) is 4.79 Å². The van der Waals surface area contributed by atoms with Crippen LogP contribution in [0.4, 0.5) is 0 Å². The van der Waals surface area contributed by atoms with Gasteiger partial charge in [-0.2, -0.15) is 9.30 Å². The number of fused-ring (bicyclic) bond motifs is 1. The van der Waals surface area contributed by atoms with Crippen molar-refractivity contribution in [3.8, 4) is 5.75 Å². The molecule has 3 aromatic rings. The van der Waals surface area contributed by atoms with Gasteiger partial charge in [-0.15, -0.1) is 0 Å². The van der Waals surface area contributed by atoms with Crippen molar-refractivity contribution < 1.29 is 22.7 Å². The first kappa shape index (κ1) is 22.7. The summed E-state index contributed by atoms with van der Waals surface area (Å²) in [5.41, 5.74) is 1.26. The number of methoxy groups -OCH3 is 1. The zero-order chi connectivity index (χ0) is 23.0. The van der Waals surface area contributed by atoms with Gasteiger partial charge in [0.1, 0.15) is 5.75 Å². The predicted molar refractivity (Wildman–Crippen MR) is 122 cm³/mol. The van der Waals surface area contributed by atoms with E-state index < -0.39 is 15.9 Å². The van der Waals surface area contributed by atoms with Gasteiger partial charge in [0.2, 0.25) is 10.0 Å². The number of nitrogens with zero attached hydrogens (tertiary/aromatic N) is 3. The van der Waals surface area contributed by atoms with Crippen molar-refractivity contribution in [1.29, 1.82) is 0 Å². The molecular formula is C22H25N3O5S2. The Bertz CT molecular complexity index is 1320. The van der Waals surface area contributed by atoms with Crippen molar-refractivity contribution in [2.24, 2.45) is 12.0 Å². The number of hydrogen-bond acceptors (Lipinski definition) is 6. The standard InChI is InChI=1S/C22H25N3O5S2/c1-14-12-25(13-15(2)30-14)32(27,28)18-8-5-16(6-9-18)21(26)23-22-24(3)19-10-7-17(29-4)11-20(19)31-22/h5-11,14-15H,12-13H2,1-4H3/t14-,15+. The minimum Gasteiger partial charge on any atom is -0.497 e. The van der Waals surface area contributed by atoms with E-state index in [9.17, 15) is 13.2 Å². The molecule has 0 unspecified atom stereocenters. The number of rotatable bonds is 4. The molecule has 0 saturated carbocycles. The van der Waals surface area contributed by atoms with E-state index in [4.69, 9.17) is 9.47 Å². The second-order valence-electron chi connectivity index (χ2n) is 7.80.